The molecule has 2 aromatic carbocycles. The van der Waals surface area contributed by atoms with E-state index >= 15 is 0 Å². The quantitative estimate of drug-likeness (QED) is 0.415. The molecule has 4 atom stereocenters. The number of aryl methyl sites for hydroxylation is 2. The molecule has 0 spiro atoms. The maximum Gasteiger partial charge on any atom is 0.243 e. The second-order valence-corrected chi connectivity index (χ2v) is 11.8. The summed E-state index contributed by atoms with van der Waals surface area (Å²) >= 11 is 0. The molecule has 218 valence electrons. The molecule has 3 aromatic rings. The predicted octanol–water partition coefficient (Wildman–Crippen LogP) is 2.47. The van der Waals surface area contributed by atoms with Crippen LogP contribution in [0.2, 0.25) is 0 Å². The van der Waals surface area contributed by atoms with Crippen LogP contribution >= 0.6 is 0 Å². The molecule has 3 amide bonds. The van der Waals surface area contributed by atoms with E-state index in [1.807, 2.05) is 30.1 Å². The van der Waals surface area contributed by atoms with Crippen LogP contribution in [0.5, 0.6) is 0 Å². The Morgan fingerprint density at radius 1 is 1.10 bits per heavy atom. The summed E-state index contributed by atoms with van der Waals surface area (Å²) in [4.78, 5) is 43.4. The van der Waals surface area contributed by atoms with Crippen molar-refractivity contribution in [2.24, 2.45) is 18.7 Å². The second kappa shape index (κ2) is 12.4. The summed E-state index contributed by atoms with van der Waals surface area (Å²) in [6, 6.07) is 13.0. The van der Waals surface area contributed by atoms with Crippen molar-refractivity contribution in [1.82, 2.24) is 30.1 Å². The highest BCUT2D eigenvalue weighted by atomic mass is 16.2. The Balaban J connectivity index is 1.25. The van der Waals surface area contributed by atoms with Gasteiger partial charge in [0.05, 0.1) is 11.6 Å². The van der Waals surface area contributed by atoms with Gasteiger partial charge in [-0.05, 0) is 75.1 Å². The van der Waals surface area contributed by atoms with Crippen molar-refractivity contribution in [3.63, 3.8) is 0 Å². The molecule has 0 aliphatic carbocycles. The van der Waals surface area contributed by atoms with Crippen LogP contribution in [0.25, 0.3) is 11.0 Å². The normalized spacial score (nSPS) is 21.4. The number of carbonyl (C=O) groups excluding carboxylic acids is 3. The monoisotopic (exact) mass is 559 g/mol. The maximum absolute atomic E-state index is 13.6. The molecule has 1 aromatic heterocycles. The average Bonchev–Trinajstić information content (AvgIpc) is 3.69. The Morgan fingerprint density at radius 2 is 1.85 bits per heavy atom. The van der Waals surface area contributed by atoms with E-state index in [0.717, 1.165) is 42.4 Å². The van der Waals surface area contributed by atoms with Gasteiger partial charge in [0, 0.05) is 39.1 Å². The van der Waals surface area contributed by atoms with Gasteiger partial charge < -0.3 is 20.9 Å². The third kappa shape index (κ3) is 6.59. The third-order valence-electron chi connectivity index (χ3n) is 8.62. The molecule has 10 nitrogen and oxygen atoms in total. The van der Waals surface area contributed by atoms with Crippen molar-refractivity contribution < 1.29 is 14.4 Å². The number of nitrogens with zero attached hydrogens (tertiary/aromatic N) is 5. The van der Waals surface area contributed by atoms with Crippen LogP contribution in [-0.4, -0.2) is 73.7 Å². The number of benzene rings is 2. The van der Waals surface area contributed by atoms with Gasteiger partial charge in [0.25, 0.3) is 0 Å². The van der Waals surface area contributed by atoms with Crippen LogP contribution in [0.1, 0.15) is 55.7 Å². The first kappa shape index (κ1) is 28.7. The summed E-state index contributed by atoms with van der Waals surface area (Å²) in [5.41, 5.74) is 11.3. The molecule has 2 saturated heterocycles. The molecule has 0 saturated carbocycles. The van der Waals surface area contributed by atoms with Gasteiger partial charge in [0.15, 0.2) is 0 Å². The number of hydrogen-bond acceptors (Lipinski definition) is 6. The zero-order valence-electron chi connectivity index (χ0n) is 24.3. The molecular formula is C31H41N7O3. The topological polar surface area (TPSA) is 126 Å². The summed E-state index contributed by atoms with van der Waals surface area (Å²) in [6.07, 6.45) is 3.86. The van der Waals surface area contributed by atoms with Crippen molar-refractivity contribution in [2.45, 2.75) is 77.0 Å². The van der Waals surface area contributed by atoms with Gasteiger partial charge >= 0.3 is 0 Å². The minimum absolute atomic E-state index is 0.0475. The first-order chi connectivity index (χ1) is 19.7. The van der Waals surface area contributed by atoms with E-state index in [1.165, 1.54) is 11.1 Å². The first-order valence-corrected chi connectivity index (χ1v) is 14.7. The van der Waals surface area contributed by atoms with Crippen LogP contribution < -0.4 is 11.1 Å². The van der Waals surface area contributed by atoms with E-state index in [-0.39, 0.29) is 42.5 Å². The number of nitrogens with one attached hydrogen (secondary N) is 1. The molecule has 2 fully saturated rings. The average molecular weight is 560 g/mol. The number of rotatable bonds is 9. The number of nitrogens with two attached hydrogens (primary N) is 1. The molecule has 3 heterocycles. The molecule has 2 aliphatic heterocycles. The van der Waals surface area contributed by atoms with E-state index in [9.17, 15) is 14.4 Å². The fraction of sp³-hybridized carbons (Fsp3) is 0.516. The highest BCUT2D eigenvalue weighted by Crippen LogP contribution is 2.28. The number of hydrogen-bond donors (Lipinski definition) is 2. The van der Waals surface area contributed by atoms with E-state index in [0.29, 0.717) is 19.5 Å². The zero-order valence-corrected chi connectivity index (χ0v) is 24.3. The Bertz CT molecular complexity index is 1400. The molecule has 41 heavy (non-hydrogen) atoms. The minimum Gasteiger partial charge on any atom is -0.350 e. The third-order valence-corrected chi connectivity index (χ3v) is 8.62. The molecule has 0 radical (unpaired) electrons. The standard InChI is InChI=1S/C31H41N7O3/c1-20-6-8-22(9-7-20)15-24-17-28(30(40)33-18-23-10-12-27-26(16-23)34-35-36(27)3)38(19-24)31(41)25(32)11-13-29(39)37-14-4-5-21(37)2/h6-10,12,16,21,24-25,28H,4-5,11,13-15,17-19,32H2,1-3H3,(H,33,40)/t21?,24-,25-,28+/m1/s1. The van der Waals surface area contributed by atoms with Crippen molar-refractivity contribution in [2.75, 3.05) is 13.1 Å². The van der Waals surface area contributed by atoms with Crippen molar-refractivity contribution in [1.29, 1.82) is 0 Å². The van der Waals surface area contributed by atoms with Gasteiger partial charge in [-0.1, -0.05) is 41.1 Å². The molecule has 1 unspecified atom stereocenters. The lowest BCUT2D eigenvalue weighted by molar-refractivity contribution is -0.140. The molecule has 3 N–H and O–H groups in total. The van der Waals surface area contributed by atoms with E-state index in [1.54, 1.807) is 9.58 Å². The highest BCUT2D eigenvalue weighted by molar-refractivity contribution is 5.91. The fourth-order valence-electron chi connectivity index (χ4n) is 6.19. The first-order valence-electron chi connectivity index (χ1n) is 14.7. The summed E-state index contributed by atoms with van der Waals surface area (Å²) in [5, 5.41) is 11.2. The number of aromatic nitrogens is 3. The zero-order chi connectivity index (χ0) is 29.1. The largest absolute Gasteiger partial charge is 0.350 e. The van der Waals surface area contributed by atoms with E-state index in [4.69, 9.17) is 5.73 Å². The highest BCUT2D eigenvalue weighted by Gasteiger charge is 2.41. The lowest BCUT2D eigenvalue weighted by Crippen LogP contribution is -2.51. The summed E-state index contributed by atoms with van der Waals surface area (Å²) in [7, 11) is 1.84. The second-order valence-electron chi connectivity index (χ2n) is 11.8. The van der Waals surface area contributed by atoms with E-state index in [2.05, 4.69) is 53.7 Å². The number of carbonyl (C=O) groups is 3. The summed E-state index contributed by atoms with van der Waals surface area (Å²) < 4.78 is 1.70. The van der Waals surface area contributed by atoms with Crippen molar-refractivity contribution in [3.05, 3.63) is 59.2 Å². The van der Waals surface area contributed by atoms with Gasteiger partial charge in [0.2, 0.25) is 17.7 Å². The lowest BCUT2D eigenvalue weighted by atomic mass is 9.96. The van der Waals surface area contributed by atoms with Gasteiger partial charge in [-0.25, -0.2) is 4.68 Å². The Kier molecular flexibility index (Phi) is 8.68. The van der Waals surface area contributed by atoms with Gasteiger partial charge in [0.1, 0.15) is 11.6 Å². The van der Waals surface area contributed by atoms with Crippen LogP contribution in [-0.2, 0) is 34.4 Å². The van der Waals surface area contributed by atoms with Crippen LogP contribution in [0.4, 0.5) is 0 Å². The molecule has 2 aliphatic rings. The number of amides is 3. The van der Waals surface area contributed by atoms with Crippen LogP contribution in [0.3, 0.4) is 0 Å². The number of fused-ring (bicyclic) bond motifs is 1. The Morgan fingerprint density at radius 3 is 2.59 bits per heavy atom. The van der Waals surface area contributed by atoms with Gasteiger partial charge in [-0.2, -0.15) is 0 Å². The smallest absolute Gasteiger partial charge is 0.243 e. The van der Waals surface area contributed by atoms with Gasteiger partial charge in [-0.3, -0.25) is 14.4 Å². The van der Waals surface area contributed by atoms with Crippen molar-refractivity contribution >= 4 is 28.8 Å². The Hall–Kier alpha value is -3.79. The molecule has 10 heteroatoms. The number of likely N-dealkylation sites (tertiary alicyclic amines) is 2. The molecule has 0 bridgehead atoms. The summed E-state index contributed by atoms with van der Waals surface area (Å²) in [6.45, 7) is 5.66. The lowest BCUT2D eigenvalue weighted by Gasteiger charge is -2.27. The summed E-state index contributed by atoms with van der Waals surface area (Å²) in [5.74, 6) is -0.281. The predicted molar refractivity (Wildman–Crippen MR) is 156 cm³/mol. The Labute approximate surface area is 241 Å². The van der Waals surface area contributed by atoms with Crippen LogP contribution in [0.15, 0.2) is 42.5 Å². The minimum atomic E-state index is -0.829. The van der Waals surface area contributed by atoms with E-state index < -0.39 is 12.1 Å². The van der Waals surface area contributed by atoms with Gasteiger partial charge in [-0.15, -0.1) is 5.10 Å². The van der Waals surface area contributed by atoms with Crippen LogP contribution in [0, 0.1) is 12.8 Å². The SMILES string of the molecule is Cc1ccc(C[C@@H]2C[C@@H](C(=O)NCc3ccc4c(c3)nnn4C)N(C(=O)[C@H](N)CCC(=O)N3CCCC3C)C2)cc1. The molecular weight excluding hydrogens is 518 g/mol. The fourth-order valence-corrected chi connectivity index (χ4v) is 6.19. The van der Waals surface area contributed by atoms with Crippen molar-refractivity contribution in [3.8, 4) is 0 Å². The maximum atomic E-state index is 13.6. The molecule has 5 rings (SSSR count).